The molecule has 2 heterocycles. The standard InChI is InChI=1S/C23H31N3O4/c1-17(2)26-14-22(30-16-19-8-20(28-3)10-21(9-19)29-4)13-25(15-23(26)27)12-18-6-5-7-24-11-18/h5-11,17,22H,12-16H2,1-4H3/t22-/m0/s1. The van der Waals surface area contributed by atoms with Crippen molar-refractivity contribution in [3.8, 4) is 11.5 Å². The third-order valence-corrected chi connectivity index (χ3v) is 5.19. The van der Waals surface area contributed by atoms with E-state index in [0.29, 0.717) is 32.8 Å². The Hall–Kier alpha value is -2.64. The van der Waals surface area contributed by atoms with Gasteiger partial charge in [0.2, 0.25) is 5.91 Å². The van der Waals surface area contributed by atoms with Gasteiger partial charge in [-0.15, -0.1) is 0 Å². The summed E-state index contributed by atoms with van der Waals surface area (Å²) in [5.41, 5.74) is 2.05. The topological polar surface area (TPSA) is 64.1 Å². The molecule has 30 heavy (non-hydrogen) atoms. The first-order valence-corrected chi connectivity index (χ1v) is 10.2. The molecule has 1 aromatic heterocycles. The summed E-state index contributed by atoms with van der Waals surface area (Å²) in [5.74, 6) is 1.58. The van der Waals surface area contributed by atoms with Crippen LogP contribution in [-0.4, -0.2) is 66.7 Å². The average molecular weight is 414 g/mol. The van der Waals surface area contributed by atoms with Crippen molar-refractivity contribution in [2.45, 2.75) is 39.1 Å². The van der Waals surface area contributed by atoms with Crippen molar-refractivity contribution in [2.75, 3.05) is 33.9 Å². The molecule has 1 aliphatic rings. The molecule has 7 nitrogen and oxygen atoms in total. The van der Waals surface area contributed by atoms with Crippen molar-refractivity contribution in [3.05, 3.63) is 53.9 Å². The predicted octanol–water partition coefficient (Wildman–Crippen LogP) is 2.74. The van der Waals surface area contributed by atoms with Crippen LogP contribution >= 0.6 is 0 Å². The summed E-state index contributed by atoms with van der Waals surface area (Å²) in [6.07, 6.45) is 3.49. The van der Waals surface area contributed by atoms with Gasteiger partial charge in [0.05, 0.1) is 33.5 Å². The van der Waals surface area contributed by atoms with E-state index in [1.165, 1.54) is 0 Å². The Bertz CT molecular complexity index is 806. The smallest absolute Gasteiger partial charge is 0.237 e. The molecule has 0 saturated carbocycles. The van der Waals surface area contributed by atoms with Crippen LogP contribution in [0.2, 0.25) is 0 Å². The summed E-state index contributed by atoms with van der Waals surface area (Å²) in [5, 5.41) is 0. The summed E-state index contributed by atoms with van der Waals surface area (Å²) in [6.45, 7) is 6.78. The molecule has 0 spiro atoms. The van der Waals surface area contributed by atoms with E-state index in [9.17, 15) is 4.79 Å². The molecule has 1 amide bonds. The molecule has 7 heteroatoms. The van der Waals surface area contributed by atoms with Crippen LogP contribution in [0, 0.1) is 0 Å². The number of hydrogen-bond acceptors (Lipinski definition) is 6. The van der Waals surface area contributed by atoms with Gasteiger partial charge in [-0.25, -0.2) is 0 Å². The molecule has 1 saturated heterocycles. The van der Waals surface area contributed by atoms with Crippen LogP contribution in [-0.2, 0) is 22.7 Å². The number of carbonyl (C=O) groups is 1. The highest BCUT2D eigenvalue weighted by Gasteiger charge is 2.29. The van der Waals surface area contributed by atoms with Gasteiger partial charge in [-0.2, -0.15) is 0 Å². The van der Waals surface area contributed by atoms with Gasteiger partial charge < -0.3 is 19.1 Å². The fourth-order valence-corrected chi connectivity index (χ4v) is 3.65. The lowest BCUT2D eigenvalue weighted by molar-refractivity contribution is -0.133. The Kier molecular flexibility index (Phi) is 7.65. The Morgan fingerprint density at radius 3 is 2.43 bits per heavy atom. The van der Waals surface area contributed by atoms with Gasteiger partial charge in [-0.1, -0.05) is 6.07 Å². The van der Waals surface area contributed by atoms with Gasteiger partial charge in [0.15, 0.2) is 0 Å². The third-order valence-electron chi connectivity index (χ3n) is 5.19. The fourth-order valence-electron chi connectivity index (χ4n) is 3.65. The molecule has 1 fully saturated rings. The largest absolute Gasteiger partial charge is 0.497 e. The highest BCUT2D eigenvalue weighted by molar-refractivity contribution is 5.79. The number of hydrogen-bond donors (Lipinski definition) is 0. The molecular formula is C23H31N3O4. The van der Waals surface area contributed by atoms with E-state index in [4.69, 9.17) is 14.2 Å². The summed E-state index contributed by atoms with van der Waals surface area (Å²) >= 11 is 0. The molecule has 1 aliphatic heterocycles. The average Bonchev–Trinajstić information content (AvgIpc) is 2.90. The molecule has 1 atom stereocenters. The zero-order valence-corrected chi connectivity index (χ0v) is 18.2. The zero-order chi connectivity index (χ0) is 21.5. The van der Waals surface area contributed by atoms with Gasteiger partial charge in [-0.05, 0) is 43.2 Å². The van der Waals surface area contributed by atoms with E-state index in [2.05, 4.69) is 9.88 Å². The number of ether oxygens (including phenoxy) is 3. The Labute approximate surface area is 178 Å². The van der Waals surface area contributed by atoms with E-state index < -0.39 is 0 Å². The maximum Gasteiger partial charge on any atom is 0.237 e. The van der Waals surface area contributed by atoms with E-state index in [-0.39, 0.29) is 18.1 Å². The quantitative estimate of drug-likeness (QED) is 0.663. The highest BCUT2D eigenvalue weighted by atomic mass is 16.5. The Morgan fingerprint density at radius 1 is 1.10 bits per heavy atom. The summed E-state index contributed by atoms with van der Waals surface area (Å²) < 4.78 is 17.0. The molecule has 0 radical (unpaired) electrons. The second kappa shape index (κ2) is 10.4. The van der Waals surface area contributed by atoms with Crippen LogP contribution in [0.4, 0.5) is 0 Å². The second-order valence-electron chi connectivity index (χ2n) is 7.82. The summed E-state index contributed by atoms with van der Waals surface area (Å²) in [6, 6.07) is 9.79. The maximum absolute atomic E-state index is 12.8. The molecule has 0 bridgehead atoms. The van der Waals surface area contributed by atoms with Crippen LogP contribution < -0.4 is 9.47 Å². The van der Waals surface area contributed by atoms with Crippen LogP contribution in [0.3, 0.4) is 0 Å². The lowest BCUT2D eigenvalue weighted by atomic mass is 10.2. The van der Waals surface area contributed by atoms with Gasteiger partial charge >= 0.3 is 0 Å². The first kappa shape index (κ1) is 22.1. The van der Waals surface area contributed by atoms with Crippen molar-refractivity contribution in [3.63, 3.8) is 0 Å². The number of rotatable bonds is 8. The van der Waals surface area contributed by atoms with Crippen LogP contribution in [0.15, 0.2) is 42.7 Å². The number of nitrogens with zero attached hydrogens (tertiary/aromatic N) is 3. The minimum atomic E-state index is -0.104. The van der Waals surface area contributed by atoms with Crippen molar-refractivity contribution >= 4 is 5.91 Å². The molecule has 2 aromatic rings. The van der Waals surface area contributed by atoms with Gasteiger partial charge in [0, 0.05) is 44.1 Å². The number of amides is 1. The second-order valence-corrected chi connectivity index (χ2v) is 7.82. The van der Waals surface area contributed by atoms with Gasteiger partial charge in [0.25, 0.3) is 0 Å². The van der Waals surface area contributed by atoms with Gasteiger partial charge in [-0.3, -0.25) is 14.7 Å². The first-order chi connectivity index (χ1) is 14.5. The van der Waals surface area contributed by atoms with Crippen molar-refractivity contribution in [1.29, 1.82) is 0 Å². The number of methoxy groups -OCH3 is 2. The lowest BCUT2D eigenvalue weighted by Gasteiger charge is -2.28. The van der Waals surface area contributed by atoms with E-state index in [1.807, 2.05) is 55.3 Å². The minimum Gasteiger partial charge on any atom is -0.497 e. The van der Waals surface area contributed by atoms with Crippen LogP contribution in [0.5, 0.6) is 11.5 Å². The van der Waals surface area contributed by atoms with E-state index in [1.54, 1.807) is 20.4 Å². The molecule has 3 rings (SSSR count). The summed E-state index contributed by atoms with van der Waals surface area (Å²) in [7, 11) is 3.26. The number of pyridine rings is 1. The number of aromatic nitrogens is 1. The van der Waals surface area contributed by atoms with Crippen molar-refractivity contribution < 1.29 is 19.0 Å². The number of carbonyl (C=O) groups excluding carboxylic acids is 1. The SMILES string of the molecule is COc1cc(CO[C@H]2CN(Cc3cccnc3)CC(=O)N(C(C)C)C2)cc(OC)c1. The van der Waals surface area contributed by atoms with Crippen LogP contribution in [0.25, 0.3) is 0 Å². The molecular weight excluding hydrogens is 382 g/mol. The minimum absolute atomic E-state index is 0.104. The predicted molar refractivity (Wildman–Crippen MR) is 114 cm³/mol. The molecule has 1 aromatic carbocycles. The van der Waals surface area contributed by atoms with Crippen molar-refractivity contribution in [1.82, 2.24) is 14.8 Å². The molecule has 0 aliphatic carbocycles. The highest BCUT2D eigenvalue weighted by Crippen LogP contribution is 2.24. The van der Waals surface area contributed by atoms with E-state index in [0.717, 1.165) is 22.6 Å². The maximum atomic E-state index is 12.8. The molecule has 162 valence electrons. The zero-order valence-electron chi connectivity index (χ0n) is 18.2. The third kappa shape index (κ3) is 5.93. The molecule has 0 N–H and O–H groups in total. The first-order valence-electron chi connectivity index (χ1n) is 10.2. The Balaban J connectivity index is 1.73. The fraction of sp³-hybridized carbons (Fsp3) is 0.478. The Morgan fingerprint density at radius 2 is 1.83 bits per heavy atom. The number of benzene rings is 1. The van der Waals surface area contributed by atoms with Crippen LogP contribution in [0.1, 0.15) is 25.0 Å². The van der Waals surface area contributed by atoms with E-state index >= 15 is 0 Å². The lowest BCUT2D eigenvalue weighted by Crippen LogP contribution is -2.42. The van der Waals surface area contributed by atoms with Gasteiger partial charge in [0.1, 0.15) is 11.5 Å². The van der Waals surface area contributed by atoms with Crippen molar-refractivity contribution in [2.24, 2.45) is 0 Å². The molecule has 0 unspecified atom stereocenters. The summed E-state index contributed by atoms with van der Waals surface area (Å²) in [4.78, 5) is 21.1. The monoisotopic (exact) mass is 413 g/mol. The normalized spacial score (nSPS) is 17.8.